The van der Waals surface area contributed by atoms with Gasteiger partial charge >= 0.3 is 5.97 Å². The van der Waals surface area contributed by atoms with Crippen LogP contribution in [0, 0.1) is 6.92 Å². The van der Waals surface area contributed by atoms with E-state index >= 15 is 0 Å². The Morgan fingerprint density at radius 3 is 2.37 bits per heavy atom. The third kappa shape index (κ3) is 2.97. The molecule has 0 spiro atoms. The third-order valence-electron chi connectivity index (χ3n) is 4.78. The minimum absolute atomic E-state index is 0.399. The number of benzene rings is 3. The van der Waals surface area contributed by atoms with Crippen molar-refractivity contribution < 1.29 is 9.53 Å². The van der Waals surface area contributed by atoms with Crippen LogP contribution in [0.4, 0.5) is 0 Å². The molecule has 0 saturated heterocycles. The smallest absolute Gasteiger partial charge is 0.340 e. The quantitative estimate of drug-likeness (QED) is 0.510. The Labute approximate surface area is 157 Å². The van der Waals surface area contributed by atoms with Gasteiger partial charge in [0.15, 0.2) is 0 Å². The topological polar surface area (TPSA) is 57.0 Å². The van der Waals surface area contributed by atoms with E-state index in [4.69, 9.17) is 4.74 Å². The van der Waals surface area contributed by atoms with Gasteiger partial charge in [-0.1, -0.05) is 53.7 Å². The van der Waals surface area contributed by atoms with Gasteiger partial charge in [0, 0.05) is 7.05 Å². The van der Waals surface area contributed by atoms with E-state index in [0.29, 0.717) is 16.6 Å². The summed E-state index contributed by atoms with van der Waals surface area (Å²) in [5.74, 6) is -0.399. The van der Waals surface area contributed by atoms with Crippen LogP contribution in [0.1, 0.15) is 15.9 Å². The molecule has 0 unspecified atom stereocenters. The van der Waals surface area contributed by atoms with E-state index in [1.165, 1.54) is 18.2 Å². The normalized spacial score (nSPS) is 10.9. The van der Waals surface area contributed by atoms with Gasteiger partial charge in [-0.05, 0) is 46.9 Å². The number of aromatic nitrogens is 3. The van der Waals surface area contributed by atoms with Crippen molar-refractivity contribution in [3.05, 3.63) is 71.8 Å². The number of carbonyl (C=O) groups excluding carboxylic acids is 1. The summed E-state index contributed by atoms with van der Waals surface area (Å²) in [5, 5.41) is 8.19. The highest BCUT2D eigenvalue weighted by molar-refractivity contribution is 6.04. The van der Waals surface area contributed by atoms with Crippen LogP contribution in [-0.4, -0.2) is 28.1 Å². The minimum Gasteiger partial charge on any atom is -0.465 e. The lowest BCUT2D eigenvalue weighted by Gasteiger charge is -2.09. The van der Waals surface area contributed by atoms with Crippen molar-refractivity contribution in [2.45, 2.75) is 6.92 Å². The first-order valence-corrected chi connectivity index (χ1v) is 8.66. The van der Waals surface area contributed by atoms with Gasteiger partial charge in [0.1, 0.15) is 11.0 Å². The van der Waals surface area contributed by atoms with E-state index in [0.717, 1.165) is 16.7 Å². The predicted molar refractivity (Wildman–Crippen MR) is 105 cm³/mol. The van der Waals surface area contributed by atoms with E-state index in [1.807, 2.05) is 24.3 Å². The summed E-state index contributed by atoms with van der Waals surface area (Å²) in [6.45, 7) is 2.11. The first kappa shape index (κ1) is 17.0. The molecule has 5 nitrogen and oxygen atoms in total. The summed E-state index contributed by atoms with van der Waals surface area (Å²) in [4.78, 5) is 12.2. The van der Waals surface area contributed by atoms with E-state index < -0.39 is 5.97 Å². The molecule has 134 valence electrons. The highest BCUT2D eigenvalue weighted by Crippen LogP contribution is 2.30. The van der Waals surface area contributed by atoms with E-state index in [2.05, 4.69) is 53.6 Å². The molecule has 1 heterocycles. The van der Waals surface area contributed by atoms with Crippen LogP contribution in [0.5, 0.6) is 0 Å². The first-order chi connectivity index (χ1) is 13.1. The van der Waals surface area contributed by atoms with Crippen molar-refractivity contribution >= 4 is 17.0 Å². The summed E-state index contributed by atoms with van der Waals surface area (Å²) >= 11 is 0. The maximum Gasteiger partial charge on any atom is 0.340 e. The zero-order valence-corrected chi connectivity index (χ0v) is 15.4. The Morgan fingerprint density at radius 1 is 0.963 bits per heavy atom. The van der Waals surface area contributed by atoms with Gasteiger partial charge in [-0.25, -0.2) is 9.48 Å². The van der Waals surface area contributed by atoms with Crippen LogP contribution >= 0.6 is 0 Å². The van der Waals surface area contributed by atoms with Crippen molar-refractivity contribution in [1.82, 2.24) is 15.0 Å². The maximum absolute atomic E-state index is 12.2. The SMILES string of the molecule is COC(=O)c1cc(-c2ccc(-c3ccccc3C)cc2)cc2nnn(C)c12. The predicted octanol–water partition coefficient (Wildman–Crippen LogP) is 4.40. The fourth-order valence-electron chi connectivity index (χ4n) is 3.37. The molecule has 0 saturated carbocycles. The summed E-state index contributed by atoms with van der Waals surface area (Å²) in [7, 11) is 3.14. The second-order valence-electron chi connectivity index (χ2n) is 6.49. The Hall–Kier alpha value is -3.47. The largest absolute Gasteiger partial charge is 0.465 e. The summed E-state index contributed by atoms with van der Waals surface area (Å²) in [6.07, 6.45) is 0. The molecule has 0 aliphatic carbocycles. The fourth-order valence-corrected chi connectivity index (χ4v) is 3.37. The van der Waals surface area contributed by atoms with Crippen LogP contribution in [-0.2, 0) is 11.8 Å². The Balaban J connectivity index is 1.81. The average molecular weight is 357 g/mol. The third-order valence-corrected chi connectivity index (χ3v) is 4.78. The molecule has 0 N–H and O–H groups in total. The molecule has 1 aromatic heterocycles. The maximum atomic E-state index is 12.2. The number of fused-ring (bicyclic) bond motifs is 1. The Morgan fingerprint density at radius 2 is 1.67 bits per heavy atom. The monoisotopic (exact) mass is 357 g/mol. The molecular formula is C22H19N3O2. The molecule has 0 amide bonds. The van der Waals surface area contributed by atoms with Crippen LogP contribution in [0.3, 0.4) is 0 Å². The molecule has 4 rings (SSSR count). The number of rotatable bonds is 3. The number of methoxy groups -OCH3 is 1. The van der Waals surface area contributed by atoms with E-state index in [-0.39, 0.29) is 0 Å². The molecule has 0 fully saturated rings. The van der Waals surface area contributed by atoms with Gasteiger partial charge in [-0.3, -0.25) is 0 Å². The van der Waals surface area contributed by atoms with Gasteiger partial charge < -0.3 is 4.74 Å². The van der Waals surface area contributed by atoms with Gasteiger partial charge in [0.05, 0.1) is 12.7 Å². The van der Waals surface area contributed by atoms with Crippen molar-refractivity contribution in [1.29, 1.82) is 0 Å². The minimum atomic E-state index is -0.399. The highest BCUT2D eigenvalue weighted by Gasteiger charge is 2.17. The van der Waals surface area contributed by atoms with Crippen LogP contribution in [0.2, 0.25) is 0 Å². The second-order valence-corrected chi connectivity index (χ2v) is 6.49. The van der Waals surface area contributed by atoms with Gasteiger partial charge in [0.2, 0.25) is 0 Å². The van der Waals surface area contributed by atoms with Crippen LogP contribution in [0.15, 0.2) is 60.7 Å². The van der Waals surface area contributed by atoms with Crippen molar-refractivity contribution in [3.63, 3.8) is 0 Å². The molecule has 5 heteroatoms. The van der Waals surface area contributed by atoms with E-state index in [1.54, 1.807) is 11.7 Å². The number of aryl methyl sites for hydroxylation is 2. The second kappa shape index (κ2) is 6.68. The van der Waals surface area contributed by atoms with E-state index in [9.17, 15) is 4.79 Å². The molecule has 0 bridgehead atoms. The van der Waals surface area contributed by atoms with Crippen LogP contribution < -0.4 is 0 Å². The summed E-state index contributed by atoms with van der Waals surface area (Å²) < 4.78 is 6.53. The lowest BCUT2D eigenvalue weighted by atomic mass is 9.96. The number of esters is 1. The lowest BCUT2D eigenvalue weighted by Crippen LogP contribution is -2.05. The number of ether oxygens (including phenoxy) is 1. The number of nitrogens with zero attached hydrogens (tertiary/aromatic N) is 3. The molecule has 0 aliphatic heterocycles. The lowest BCUT2D eigenvalue weighted by molar-refractivity contribution is 0.0602. The zero-order valence-electron chi connectivity index (χ0n) is 15.4. The first-order valence-electron chi connectivity index (χ1n) is 8.66. The summed E-state index contributed by atoms with van der Waals surface area (Å²) in [6, 6.07) is 20.4. The number of hydrogen-bond acceptors (Lipinski definition) is 4. The summed E-state index contributed by atoms with van der Waals surface area (Å²) in [5.41, 5.74) is 7.30. The van der Waals surface area contributed by atoms with Crippen molar-refractivity contribution in [2.75, 3.05) is 7.11 Å². The van der Waals surface area contributed by atoms with Crippen molar-refractivity contribution in [3.8, 4) is 22.3 Å². The van der Waals surface area contributed by atoms with Gasteiger partial charge in [-0.2, -0.15) is 0 Å². The standard InChI is InChI=1S/C22H19N3O2/c1-14-6-4-5-7-18(14)16-10-8-15(9-11-16)17-12-19(22(26)27-3)21-20(13-17)23-24-25(21)2/h4-13H,1-3H3. The molecular weight excluding hydrogens is 338 g/mol. The molecule has 4 aromatic rings. The zero-order chi connectivity index (χ0) is 19.0. The molecule has 0 aliphatic rings. The molecule has 27 heavy (non-hydrogen) atoms. The highest BCUT2D eigenvalue weighted by atomic mass is 16.5. The number of carbonyl (C=O) groups is 1. The average Bonchev–Trinajstić information content (AvgIpc) is 3.08. The number of hydrogen-bond donors (Lipinski definition) is 0. The van der Waals surface area contributed by atoms with Gasteiger partial charge in [0.25, 0.3) is 0 Å². The molecule has 0 radical (unpaired) electrons. The molecule has 3 aromatic carbocycles. The molecule has 0 atom stereocenters. The Kier molecular flexibility index (Phi) is 4.20. The Bertz CT molecular complexity index is 1140. The van der Waals surface area contributed by atoms with Crippen LogP contribution in [0.25, 0.3) is 33.3 Å². The van der Waals surface area contributed by atoms with Gasteiger partial charge in [-0.15, -0.1) is 5.10 Å². The van der Waals surface area contributed by atoms with Crippen molar-refractivity contribution in [2.24, 2.45) is 7.05 Å². The fraction of sp³-hybridized carbons (Fsp3) is 0.136.